The lowest BCUT2D eigenvalue weighted by Crippen LogP contribution is -2.64. The standard InChI is InChI=1S/C26H14F20O4.C24H30O4/c1-21(24(38,39)40)4-48-19(21)7-9(27)15(33)18(16(34)10(7)28)50-6(23(35,36)37)2-3-47-17-13(31)11(29)8(12(30)14(17)32)20-22(5-49-20,25(41,42)43)26(44,45)46;1-23(2)15-27-21(23)17-5-9-19(10-6-17)25-13-14-26-20-11-7-18(8-12-20)22-24(3,4)16-28-22/h6,19-20H,2-5H2,1H3;5-12,21-22H,13-16H2,1-4H3. The van der Waals surface area contributed by atoms with Crippen LogP contribution < -0.4 is 18.9 Å². The van der Waals surface area contributed by atoms with Gasteiger partial charge in [-0.05, 0) is 42.3 Å². The van der Waals surface area contributed by atoms with Gasteiger partial charge in [0.2, 0.25) is 28.7 Å². The Kier molecular flexibility index (Phi) is 16.4. The summed E-state index contributed by atoms with van der Waals surface area (Å²) in [5.41, 5.74) is -9.92. The molecule has 4 aromatic carbocycles. The number of rotatable bonds is 15. The molecule has 0 radical (unpaired) electrons. The van der Waals surface area contributed by atoms with E-state index in [1.807, 2.05) is 24.3 Å². The molecule has 4 aromatic rings. The van der Waals surface area contributed by atoms with Gasteiger partial charge in [0.15, 0.2) is 40.9 Å². The molecule has 4 aliphatic heterocycles. The molecule has 8 rings (SSSR count). The molecule has 6 atom stereocenters. The highest BCUT2D eigenvalue weighted by Gasteiger charge is 2.80. The number of halogens is 20. The average molecular weight is 1150 g/mol. The minimum Gasteiger partial charge on any atom is -0.490 e. The predicted molar refractivity (Wildman–Crippen MR) is 228 cm³/mol. The molecule has 0 saturated carbocycles. The van der Waals surface area contributed by atoms with E-state index in [0.717, 1.165) is 24.7 Å². The maximum absolute atomic E-state index is 14.7. The van der Waals surface area contributed by atoms with Crippen LogP contribution in [0, 0.1) is 68.2 Å². The van der Waals surface area contributed by atoms with Crippen molar-refractivity contribution in [3.05, 3.63) is 117 Å². The van der Waals surface area contributed by atoms with Crippen LogP contribution in [0.5, 0.6) is 23.0 Å². The van der Waals surface area contributed by atoms with Crippen molar-refractivity contribution in [2.75, 3.05) is 46.2 Å². The van der Waals surface area contributed by atoms with Crippen LogP contribution in [0.4, 0.5) is 87.8 Å². The summed E-state index contributed by atoms with van der Waals surface area (Å²) < 4.78 is 318. The van der Waals surface area contributed by atoms with E-state index in [9.17, 15) is 87.8 Å². The maximum Gasteiger partial charge on any atom is 0.425 e. The Bertz CT molecular complexity index is 2670. The normalized spacial score (nSPS) is 23.8. The molecule has 4 heterocycles. The monoisotopic (exact) mass is 1150 g/mol. The van der Waals surface area contributed by atoms with E-state index >= 15 is 0 Å². The quantitative estimate of drug-likeness (QED) is 0.0662. The first-order valence-electron chi connectivity index (χ1n) is 23.1. The van der Waals surface area contributed by atoms with Crippen LogP contribution in [0.3, 0.4) is 0 Å². The molecule has 28 heteroatoms. The minimum absolute atomic E-state index is 0.184. The molecule has 4 aliphatic rings. The van der Waals surface area contributed by atoms with Gasteiger partial charge in [0, 0.05) is 17.3 Å². The highest BCUT2D eigenvalue weighted by atomic mass is 19.4. The minimum atomic E-state index is -6.36. The van der Waals surface area contributed by atoms with Gasteiger partial charge in [-0.25, -0.2) is 17.6 Å². The maximum atomic E-state index is 14.7. The molecule has 0 amide bonds. The largest absolute Gasteiger partial charge is 0.490 e. The molecule has 0 aliphatic carbocycles. The number of hydrogen-bond acceptors (Lipinski definition) is 8. The van der Waals surface area contributed by atoms with Gasteiger partial charge in [-0.1, -0.05) is 52.0 Å². The molecule has 0 N–H and O–H groups in total. The van der Waals surface area contributed by atoms with E-state index in [0.29, 0.717) is 20.1 Å². The molecular formula is C50H44F20O8. The molecule has 4 saturated heterocycles. The van der Waals surface area contributed by atoms with Gasteiger partial charge in [0.05, 0.1) is 56.4 Å². The van der Waals surface area contributed by atoms with E-state index in [-0.39, 0.29) is 23.0 Å². The number of hydrogen-bond donors (Lipinski definition) is 0. The second-order valence-corrected chi connectivity index (χ2v) is 20.2. The molecule has 0 spiro atoms. The Morgan fingerprint density at radius 1 is 0.436 bits per heavy atom. The van der Waals surface area contributed by atoms with Crippen molar-refractivity contribution in [3.63, 3.8) is 0 Å². The molecule has 0 bridgehead atoms. The molecule has 78 heavy (non-hydrogen) atoms. The summed E-state index contributed by atoms with van der Waals surface area (Å²) in [5.74, 6) is -25.8. The molecule has 6 unspecified atom stereocenters. The Labute approximate surface area is 429 Å². The van der Waals surface area contributed by atoms with E-state index < -0.39 is 149 Å². The number of benzene rings is 4. The summed E-state index contributed by atoms with van der Waals surface area (Å²) in [6, 6.07) is 16.4. The zero-order chi connectivity index (χ0) is 58.1. The van der Waals surface area contributed by atoms with Crippen LogP contribution in [0.2, 0.25) is 0 Å². The fraction of sp³-hybridized carbons (Fsp3) is 0.520. The summed E-state index contributed by atoms with van der Waals surface area (Å²) in [5, 5.41) is 0. The van der Waals surface area contributed by atoms with E-state index in [1.54, 1.807) is 0 Å². The summed E-state index contributed by atoms with van der Waals surface area (Å²) in [7, 11) is 0. The fourth-order valence-electron chi connectivity index (χ4n) is 8.87. The van der Waals surface area contributed by atoms with Crippen molar-refractivity contribution in [1.82, 2.24) is 0 Å². The number of alkyl halides is 12. The Balaban J connectivity index is 0.000000264. The lowest BCUT2D eigenvalue weighted by molar-refractivity contribution is -0.433. The zero-order valence-electron chi connectivity index (χ0n) is 41.0. The smallest absolute Gasteiger partial charge is 0.425 e. The third-order valence-electron chi connectivity index (χ3n) is 13.7. The molecule has 8 nitrogen and oxygen atoms in total. The van der Waals surface area contributed by atoms with Gasteiger partial charge in [0.1, 0.15) is 42.3 Å². The molecule has 0 aromatic heterocycles. The van der Waals surface area contributed by atoms with E-state index in [2.05, 4.69) is 70.9 Å². The molecule has 432 valence electrons. The Morgan fingerprint density at radius 2 is 0.808 bits per heavy atom. The van der Waals surface area contributed by atoms with Crippen LogP contribution in [0.25, 0.3) is 0 Å². The highest BCUT2D eigenvalue weighted by Crippen LogP contribution is 2.65. The first-order valence-corrected chi connectivity index (χ1v) is 23.1. The van der Waals surface area contributed by atoms with Gasteiger partial charge in [0.25, 0.3) is 0 Å². The van der Waals surface area contributed by atoms with Gasteiger partial charge in [-0.15, -0.1) is 0 Å². The summed E-state index contributed by atoms with van der Waals surface area (Å²) >= 11 is 0. The Hall–Kier alpha value is -5.48. The second kappa shape index (κ2) is 21.2. The van der Waals surface area contributed by atoms with Crippen molar-refractivity contribution < 1.29 is 126 Å². The zero-order valence-corrected chi connectivity index (χ0v) is 41.0. The summed E-state index contributed by atoms with van der Waals surface area (Å²) in [6.07, 6.45) is -35.6. The first kappa shape index (κ1) is 60.2. The van der Waals surface area contributed by atoms with Crippen molar-refractivity contribution in [3.8, 4) is 23.0 Å². The average Bonchev–Trinajstić information content (AvgIpc) is 3.31. The topological polar surface area (TPSA) is 73.8 Å². The molecular weight excluding hydrogens is 1110 g/mol. The third-order valence-corrected chi connectivity index (χ3v) is 13.7. The van der Waals surface area contributed by atoms with Crippen molar-refractivity contribution in [2.45, 2.75) is 96.3 Å². The van der Waals surface area contributed by atoms with E-state index in [4.69, 9.17) is 18.9 Å². The van der Waals surface area contributed by atoms with Gasteiger partial charge < -0.3 is 37.9 Å². The fourth-order valence-corrected chi connectivity index (χ4v) is 8.87. The van der Waals surface area contributed by atoms with Gasteiger partial charge >= 0.3 is 24.7 Å². The lowest BCUT2D eigenvalue weighted by Gasteiger charge is -2.50. The first-order chi connectivity index (χ1) is 35.9. The van der Waals surface area contributed by atoms with Crippen LogP contribution in [0.1, 0.15) is 87.7 Å². The highest BCUT2D eigenvalue weighted by molar-refractivity contribution is 5.40. The number of ether oxygens (including phenoxy) is 8. The lowest BCUT2D eigenvalue weighted by atomic mass is 9.73. The van der Waals surface area contributed by atoms with Crippen LogP contribution >= 0.6 is 0 Å². The van der Waals surface area contributed by atoms with Crippen LogP contribution in [-0.4, -0.2) is 77.1 Å². The SMILES string of the molecule is CC1(C(F)(F)F)COC1c1c(F)c(F)c(OC(CCOc2c(F)c(F)c(C3OCC3(C(F)(F)F)C(F)(F)F)c(F)c2F)C(F)(F)F)c(F)c1F.CC1(C)COC1c1ccc(OCCOc2ccc(C3OCC3(C)C)cc2)cc1. The third kappa shape index (κ3) is 10.9. The Morgan fingerprint density at radius 3 is 1.10 bits per heavy atom. The van der Waals surface area contributed by atoms with Crippen LogP contribution in [0.15, 0.2) is 48.5 Å². The van der Waals surface area contributed by atoms with E-state index in [1.165, 1.54) is 11.1 Å². The van der Waals surface area contributed by atoms with Crippen molar-refractivity contribution in [2.24, 2.45) is 21.7 Å². The van der Waals surface area contributed by atoms with Gasteiger partial charge in [-0.3, -0.25) is 0 Å². The summed E-state index contributed by atoms with van der Waals surface area (Å²) in [4.78, 5) is 0. The van der Waals surface area contributed by atoms with Crippen molar-refractivity contribution in [1.29, 1.82) is 0 Å². The second-order valence-electron chi connectivity index (χ2n) is 20.2. The predicted octanol–water partition coefficient (Wildman–Crippen LogP) is 14.7. The van der Waals surface area contributed by atoms with Gasteiger partial charge in [-0.2, -0.15) is 70.2 Å². The van der Waals surface area contributed by atoms with Crippen LogP contribution in [-0.2, 0) is 18.9 Å². The van der Waals surface area contributed by atoms with Crippen molar-refractivity contribution >= 4 is 0 Å². The molecule has 4 fully saturated rings. The summed E-state index contributed by atoms with van der Waals surface area (Å²) in [6.45, 7) is 6.52.